The molecule has 1 saturated heterocycles. The fraction of sp³-hybridized carbons (Fsp3) is 0.471. The van der Waals surface area contributed by atoms with Crippen molar-refractivity contribution >= 4 is 22.6 Å². The molecule has 5 nitrogen and oxygen atoms in total. The summed E-state index contributed by atoms with van der Waals surface area (Å²) in [6.45, 7) is 2.26. The number of hydrogen-bond acceptors (Lipinski definition) is 3. The predicted molar refractivity (Wildman–Crippen MR) is 88.8 cm³/mol. The topological polar surface area (TPSA) is 48.7 Å². The van der Waals surface area contributed by atoms with Gasteiger partial charge in [-0.3, -0.25) is 0 Å². The second kappa shape index (κ2) is 5.65. The molecule has 1 fully saturated rings. The van der Waals surface area contributed by atoms with E-state index in [1.807, 2.05) is 6.07 Å². The van der Waals surface area contributed by atoms with Crippen LogP contribution >= 0.6 is 0 Å². The van der Waals surface area contributed by atoms with Gasteiger partial charge in [-0.2, -0.15) is 0 Å². The number of nitrogens with zero attached hydrogens (tertiary/aromatic N) is 3. The maximum Gasteiger partial charge on any atom is 0.352 e. The third kappa shape index (κ3) is 2.57. The second-order valence-electron chi connectivity index (χ2n) is 6.28. The van der Waals surface area contributed by atoms with Crippen molar-refractivity contribution in [3.63, 3.8) is 0 Å². The van der Waals surface area contributed by atoms with E-state index in [0.717, 1.165) is 29.7 Å². The number of piperidine rings is 1. The number of carbonyl (C=O) groups is 1. The summed E-state index contributed by atoms with van der Waals surface area (Å²) in [5, 5.41) is 10.2. The van der Waals surface area contributed by atoms with Gasteiger partial charge in [-0.15, -0.1) is 0 Å². The highest BCUT2D eigenvalue weighted by Crippen LogP contribution is 2.27. The van der Waals surface area contributed by atoms with E-state index < -0.39 is 5.97 Å². The Labute approximate surface area is 130 Å². The Hall–Kier alpha value is -2.01. The molecular weight excluding hydrogens is 278 g/mol. The smallest absolute Gasteiger partial charge is 0.352 e. The maximum absolute atomic E-state index is 11.3. The van der Waals surface area contributed by atoms with Gasteiger partial charge in [0.05, 0.1) is 0 Å². The summed E-state index contributed by atoms with van der Waals surface area (Å²) in [4.78, 5) is 16.0. The molecule has 2 aromatic rings. The number of anilines is 1. The molecule has 3 rings (SSSR count). The number of carboxylic acids is 1. The molecule has 22 heavy (non-hydrogen) atoms. The molecule has 1 aliphatic rings. The van der Waals surface area contributed by atoms with Gasteiger partial charge in [-0.1, -0.05) is 0 Å². The minimum absolute atomic E-state index is 0.328. The molecule has 1 aliphatic heterocycles. The van der Waals surface area contributed by atoms with Crippen LogP contribution < -0.4 is 4.90 Å². The zero-order valence-electron chi connectivity index (χ0n) is 13.4. The molecular formula is C17H23N3O2. The Morgan fingerprint density at radius 2 is 1.91 bits per heavy atom. The van der Waals surface area contributed by atoms with E-state index in [1.54, 1.807) is 17.7 Å². The van der Waals surface area contributed by atoms with Crippen molar-refractivity contribution in [1.82, 2.24) is 9.47 Å². The van der Waals surface area contributed by atoms with Crippen molar-refractivity contribution in [3.8, 4) is 0 Å². The van der Waals surface area contributed by atoms with Gasteiger partial charge in [0.15, 0.2) is 0 Å². The van der Waals surface area contributed by atoms with E-state index in [1.165, 1.54) is 12.8 Å². The summed E-state index contributed by atoms with van der Waals surface area (Å²) in [5.74, 6) is -0.885. The highest BCUT2D eigenvalue weighted by molar-refractivity contribution is 5.95. The largest absolute Gasteiger partial charge is 0.477 e. The van der Waals surface area contributed by atoms with E-state index in [2.05, 4.69) is 36.0 Å². The number of aromatic carboxylic acids is 1. The van der Waals surface area contributed by atoms with Gasteiger partial charge < -0.3 is 19.5 Å². The van der Waals surface area contributed by atoms with Crippen molar-refractivity contribution in [2.75, 3.05) is 32.1 Å². The van der Waals surface area contributed by atoms with Crippen molar-refractivity contribution < 1.29 is 9.90 Å². The summed E-state index contributed by atoms with van der Waals surface area (Å²) in [7, 11) is 6.10. The summed E-state index contributed by atoms with van der Waals surface area (Å²) in [5.41, 5.74) is 2.44. The van der Waals surface area contributed by atoms with Gasteiger partial charge in [0.25, 0.3) is 0 Å². The third-order valence-electron chi connectivity index (χ3n) is 4.89. The quantitative estimate of drug-likeness (QED) is 0.946. The zero-order valence-corrected chi connectivity index (χ0v) is 13.4. The lowest BCUT2D eigenvalue weighted by atomic mass is 10.0. The molecule has 0 unspecified atom stereocenters. The normalized spacial score (nSPS) is 17.0. The van der Waals surface area contributed by atoms with Crippen LogP contribution in [-0.2, 0) is 7.05 Å². The van der Waals surface area contributed by atoms with Crippen LogP contribution in [-0.4, -0.2) is 53.8 Å². The molecule has 2 heterocycles. The molecule has 1 aromatic heterocycles. The third-order valence-corrected chi connectivity index (χ3v) is 4.89. The molecule has 5 heteroatoms. The van der Waals surface area contributed by atoms with Crippen LogP contribution in [0.15, 0.2) is 24.3 Å². The molecule has 0 atom stereocenters. The summed E-state index contributed by atoms with van der Waals surface area (Å²) in [6.07, 6.45) is 2.33. The SMILES string of the molecule is CN1CCC(N(C)c2ccc3c(c2)cc(C(=O)O)n3C)CC1. The lowest BCUT2D eigenvalue weighted by Gasteiger charge is -2.36. The number of aryl methyl sites for hydroxylation is 1. The summed E-state index contributed by atoms with van der Waals surface area (Å²) in [6, 6.07) is 8.51. The number of likely N-dealkylation sites (tertiary alicyclic amines) is 1. The first-order chi connectivity index (χ1) is 10.5. The van der Waals surface area contributed by atoms with Gasteiger partial charge in [0, 0.05) is 36.7 Å². The van der Waals surface area contributed by atoms with Gasteiger partial charge in [-0.05, 0) is 57.2 Å². The van der Waals surface area contributed by atoms with Crippen molar-refractivity contribution in [1.29, 1.82) is 0 Å². The van der Waals surface area contributed by atoms with E-state index in [4.69, 9.17) is 0 Å². The number of benzene rings is 1. The molecule has 1 aromatic carbocycles. The Morgan fingerprint density at radius 1 is 1.23 bits per heavy atom. The molecule has 1 N–H and O–H groups in total. The van der Waals surface area contributed by atoms with Crippen molar-refractivity contribution in [2.24, 2.45) is 7.05 Å². The van der Waals surface area contributed by atoms with Gasteiger partial charge in [0.1, 0.15) is 5.69 Å². The standard InChI is InChI=1S/C17H23N3O2/c1-18-8-6-13(7-9-18)19(2)14-4-5-15-12(10-14)11-16(17(21)22)20(15)3/h4-5,10-11,13H,6-9H2,1-3H3,(H,21,22). The number of aromatic nitrogens is 1. The van der Waals surface area contributed by atoms with Crippen LogP contribution in [0.25, 0.3) is 10.9 Å². The summed E-state index contributed by atoms with van der Waals surface area (Å²) < 4.78 is 1.73. The second-order valence-corrected chi connectivity index (χ2v) is 6.28. The first kappa shape index (κ1) is 14.9. The zero-order chi connectivity index (χ0) is 15.9. The van der Waals surface area contributed by atoms with E-state index in [-0.39, 0.29) is 0 Å². The molecule has 0 aliphatic carbocycles. The molecule has 0 spiro atoms. The van der Waals surface area contributed by atoms with Crippen molar-refractivity contribution in [3.05, 3.63) is 30.0 Å². The maximum atomic E-state index is 11.3. The summed E-state index contributed by atoms with van der Waals surface area (Å²) >= 11 is 0. The lowest BCUT2D eigenvalue weighted by Crippen LogP contribution is -2.41. The number of rotatable bonds is 3. The lowest BCUT2D eigenvalue weighted by molar-refractivity contribution is 0.0687. The Morgan fingerprint density at radius 3 is 2.55 bits per heavy atom. The molecule has 0 amide bonds. The fourth-order valence-electron chi connectivity index (χ4n) is 3.35. The Balaban J connectivity index is 1.90. The van der Waals surface area contributed by atoms with E-state index in [0.29, 0.717) is 11.7 Å². The minimum atomic E-state index is -0.885. The van der Waals surface area contributed by atoms with E-state index in [9.17, 15) is 9.90 Å². The number of hydrogen-bond donors (Lipinski definition) is 1. The first-order valence-corrected chi connectivity index (χ1v) is 7.71. The Kier molecular flexibility index (Phi) is 3.83. The van der Waals surface area contributed by atoms with Crippen molar-refractivity contribution in [2.45, 2.75) is 18.9 Å². The van der Waals surface area contributed by atoms with Crippen LogP contribution in [0.3, 0.4) is 0 Å². The fourth-order valence-corrected chi connectivity index (χ4v) is 3.35. The average molecular weight is 301 g/mol. The first-order valence-electron chi connectivity index (χ1n) is 7.71. The van der Waals surface area contributed by atoms with Crippen LogP contribution in [0.4, 0.5) is 5.69 Å². The van der Waals surface area contributed by atoms with E-state index >= 15 is 0 Å². The Bertz CT molecular complexity index is 699. The molecule has 0 saturated carbocycles. The average Bonchev–Trinajstić information content (AvgIpc) is 2.84. The predicted octanol–water partition coefficient (Wildman–Crippen LogP) is 2.41. The molecule has 0 radical (unpaired) electrons. The van der Waals surface area contributed by atoms with Gasteiger partial charge in [-0.25, -0.2) is 4.79 Å². The van der Waals surface area contributed by atoms with Crippen LogP contribution in [0.1, 0.15) is 23.3 Å². The highest BCUT2D eigenvalue weighted by Gasteiger charge is 2.21. The van der Waals surface area contributed by atoms with Gasteiger partial charge >= 0.3 is 5.97 Å². The highest BCUT2D eigenvalue weighted by atomic mass is 16.4. The number of fused-ring (bicyclic) bond motifs is 1. The number of carboxylic acid groups (broad SMARTS) is 1. The molecule has 0 bridgehead atoms. The van der Waals surface area contributed by atoms with Gasteiger partial charge in [0.2, 0.25) is 0 Å². The molecule has 118 valence electrons. The van der Waals surface area contributed by atoms with Crippen LogP contribution in [0.5, 0.6) is 0 Å². The van der Waals surface area contributed by atoms with Crippen LogP contribution in [0.2, 0.25) is 0 Å². The monoisotopic (exact) mass is 301 g/mol. The minimum Gasteiger partial charge on any atom is -0.477 e. The van der Waals surface area contributed by atoms with Crippen LogP contribution in [0, 0.1) is 0 Å².